The number of anilines is 1. The normalized spacial score (nSPS) is 18.9. The predicted octanol–water partition coefficient (Wildman–Crippen LogP) is 6.27. The van der Waals surface area contributed by atoms with Gasteiger partial charge in [-0.05, 0) is 55.5 Å². The molecule has 4 rings (SSSR count). The van der Waals surface area contributed by atoms with Gasteiger partial charge in [0, 0.05) is 12.1 Å². The van der Waals surface area contributed by atoms with E-state index in [1.807, 2.05) is 36.4 Å². The lowest BCUT2D eigenvalue weighted by Gasteiger charge is -2.17. The Morgan fingerprint density at radius 1 is 1.17 bits per heavy atom. The van der Waals surface area contributed by atoms with Crippen molar-refractivity contribution in [2.75, 3.05) is 5.32 Å². The number of hydrogen-bond acceptors (Lipinski definition) is 4. The average molecular weight is 468 g/mol. The molecule has 1 aliphatic heterocycles. The highest BCUT2D eigenvalue weighted by molar-refractivity contribution is 6.54. The Labute approximate surface area is 190 Å². The molecule has 8 heteroatoms. The number of amides is 1. The van der Waals surface area contributed by atoms with Gasteiger partial charge in [-0.3, -0.25) is 4.79 Å². The first-order valence-corrected chi connectivity index (χ1v) is 11.1. The molecule has 5 nitrogen and oxygen atoms in total. The van der Waals surface area contributed by atoms with Gasteiger partial charge in [-0.1, -0.05) is 58.2 Å². The van der Waals surface area contributed by atoms with E-state index in [4.69, 9.17) is 44.4 Å². The number of oxime groups is 1. The summed E-state index contributed by atoms with van der Waals surface area (Å²) in [5, 5.41) is 7.56. The number of carbonyl (C=O) groups excluding carboxylic acids is 1. The van der Waals surface area contributed by atoms with E-state index in [1.165, 1.54) is 12.8 Å². The predicted molar refractivity (Wildman–Crippen MR) is 120 cm³/mol. The Balaban J connectivity index is 1.50. The molecule has 0 aromatic heterocycles. The first-order chi connectivity index (χ1) is 14.5. The van der Waals surface area contributed by atoms with Gasteiger partial charge in [0.2, 0.25) is 0 Å². The molecule has 1 heterocycles. The van der Waals surface area contributed by atoms with Crippen LogP contribution in [-0.4, -0.2) is 22.6 Å². The molecule has 1 N–H and O–H groups in total. The summed E-state index contributed by atoms with van der Waals surface area (Å²) in [7, 11) is 0. The highest BCUT2D eigenvalue weighted by Crippen LogP contribution is 2.37. The number of halogens is 3. The molecule has 0 saturated heterocycles. The fourth-order valence-electron chi connectivity index (χ4n) is 3.79. The second-order valence-electron chi connectivity index (χ2n) is 7.39. The molecule has 0 bridgehead atoms. The van der Waals surface area contributed by atoms with Crippen molar-refractivity contribution in [2.45, 2.75) is 49.1 Å². The minimum absolute atomic E-state index is 0.217. The molecule has 158 valence electrons. The second-order valence-corrected chi connectivity index (χ2v) is 8.89. The quantitative estimate of drug-likeness (QED) is 0.509. The number of hydrogen-bond donors (Lipinski definition) is 1. The molecule has 1 unspecified atom stereocenters. The molecule has 0 radical (unpaired) electrons. The van der Waals surface area contributed by atoms with Crippen molar-refractivity contribution in [1.29, 1.82) is 0 Å². The molecule has 0 spiro atoms. The third-order valence-corrected chi connectivity index (χ3v) is 5.96. The van der Waals surface area contributed by atoms with E-state index in [9.17, 15) is 4.79 Å². The number of ether oxygens (including phenoxy) is 1. The van der Waals surface area contributed by atoms with Gasteiger partial charge in [0.15, 0.2) is 10.9 Å². The number of alkyl halides is 2. The topological polar surface area (TPSA) is 59.9 Å². The van der Waals surface area contributed by atoms with Crippen LogP contribution in [0.4, 0.5) is 5.69 Å². The summed E-state index contributed by atoms with van der Waals surface area (Å²) in [6.07, 6.45) is 4.95. The van der Waals surface area contributed by atoms with E-state index >= 15 is 0 Å². The number of benzene rings is 2. The summed E-state index contributed by atoms with van der Waals surface area (Å²) in [6.45, 7) is 0. The van der Waals surface area contributed by atoms with E-state index in [0.717, 1.165) is 35.4 Å². The van der Waals surface area contributed by atoms with E-state index in [2.05, 4.69) is 10.5 Å². The molecule has 1 atom stereocenters. The van der Waals surface area contributed by atoms with Crippen molar-refractivity contribution in [1.82, 2.24) is 0 Å². The largest absolute Gasteiger partial charge is 0.490 e. The van der Waals surface area contributed by atoms with Gasteiger partial charge in [-0.15, -0.1) is 0 Å². The van der Waals surface area contributed by atoms with Gasteiger partial charge >= 0.3 is 0 Å². The van der Waals surface area contributed by atoms with Gasteiger partial charge in [-0.25, -0.2) is 0 Å². The zero-order valence-corrected chi connectivity index (χ0v) is 18.4. The molecule has 1 fully saturated rings. The molecule has 2 aromatic rings. The first-order valence-electron chi connectivity index (χ1n) is 9.88. The first kappa shape index (κ1) is 21.3. The minimum atomic E-state index is -1.13. The summed E-state index contributed by atoms with van der Waals surface area (Å²) in [5.41, 5.74) is 2.99. The Bertz CT molecular complexity index is 958. The fourth-order valence-corrected chi connectivity index (χ4v) is 4.17. The van der Waals surface area contributed by atoms with Crippen LogP contribution in [0.5, 0.6) is 5.75 Å². The summed E-state index contributed by atoms with van der Waals surface area (Å²) < 4.78 is 6.23. The van der Waals surface area contributed by atoms with Crippen molar-refractivity contribution in [2.24, 2.45) is 5.16 Å². The lowest BCUT2D eigenvalue weighted by molar-refractivity contribution is -0.114. The van der Waals surface area contributed by atoms with Crippen molar-refractivity contribution in [3.05, 3.63) is 58.6 Å². The summed E-state index contributed by atoms with van der Waals surface area (Å²) in [6, 6.07) is 13.0. The number of carbonyl (C=O) groups is 1. The Kier molecular flexibility index (Phi) is 6.71. The minimum Gasteiger partial charge on any atom is -0.490 e. The van der Waals surface area contributed by atoms with Gasteiger partial charge in [-0.2, -0.15) is 0 Å². The molecular weight excluding hydrogens is 447 g/mol. The molecule has 1 aliphatic carbocycles. The van der Waals surface area contributed by atoms with Crippen molar-refractivity contribution in [3.8, 4) is 5.75 Å². The van der Waals surface area contributed by atoms with Crippen LogP contribution in [0, 0.1) is 0 Å². The van der Waals surface area contributed by atoms with Crippen LogP contribution in [0.3, 0.4) is 0 Å². The van der Waals surface area contributed by atoms with Crippen LogP contribution in [0.15, 0.2) is 47.6 Å². The highest BCUT2D eigenvalue weighted by Gasteiger charge is 2.29. The summed E-state index contributed by atoms with van der Waals surface area (Å²) in [5.74, 6) is 0.262. The van der Waals surface area contributed by atoms with Crippen LogP contribution in [-0.2, 0) is 9.63 Å². The van der Waals surface area contributed by atoms with E-state index < -0.39 is 10.7 Å². The maximum absolute atomic E-state index is 11.7. The van der Waals surface area contributed by atoms with Crippen LogP contribution in [0.1, 0.15) is 49.3 Å². The van der Waals surface area contributed by atoms with Crippen LogP contribution >= 0.6 is 34.8 Å². The number of nitrogens with zero attached hydrogens (tertiary/aromatic N) is 1. The standard InChI is InChI=1S/C22H21Cl3N2O3/c23-16-9-4-10-18(29-15-7-1-2-8-15)20(16)17-12-19(30-27-17)13-5-3-6-14(11-13)26-22(28)21(24)25/h3-6,9-11,15,19,21H,1-2,7-8,12H2,(H,26,28). The Morgan fingerprint density at radius 3 is 2.70 bits per heavy atom. The third kappa shape index (κ3) is 4.85. The average Bonchev–Trinajstić information content (AvgIpc) is 3.40. The third-order valence-electron chi connectivity index (χ3n) is 5.25. The van der Waals surface area contributed by atoms with Gasteiger partial charge in [0.25, 0.3) is 5.91 Å². The van der Waals surface area contributed by atoms with Crippen LogP contribution in [0.2, 0.25) is 5.02 Å². The van der Waals surface area contributed by atoms with Gasteiger partial charge < -0.3 is 14.9 Å². The maximum Gasteiger partial charge on any atom is 0.257 e. The van der Waals surface area contributed by atoms with E-state index in [1.54, 1.807) is 6.07 Å². The lowest BCUT2D eigenvalue weighted by Crippen LogP contribution is -2.18. The zero-order valence-electron chi connectivity index (χ0n) is 16.1. The smallest absolute Gasteiger partial charge is 0.257 e. The molecule has 1 amide bonds. The molecule has 2 aliphatic rings. The van der Waals surface area contributed by atoms with E-state index in [0.29, 0.717) is 17.1 Å². The number of rotatable bonds is 6. The molecule has 2 aromatic carbocycles. The van der Waals surface area contributed by atoms with E-state index in [-0.39, 0.29) is 12.2 Å². The van der Waals surface area contributed by atoms with Crippen molar-refractivity contribution < 1.29 is 14.4 Å². The number of nitrogens with one attached hydrogen (secondary N) is 1. The SMILES string of the molecule is O=C(Nc1cccc(C2CC(c3c(Cl)cccc3OC3CCCC3)=NO2)c1)C(Cl)Cl. The Hall–Kier alpha value is -1.95. The van der Waals surface area contributed by atoms with Crippen LogP contribution < -0.4 is 10.1 Å². The highest BCUT2D eigenvalue weighted by atomic mass is 35.5. The van der Waals surface area contributed by atoms with Crippen molar-refractivity contribution in [3.63, 3.8) is 0 Å². The summed E-state index contributed by atoms with van der Waals surface area (Å²) in [4.78, 5) is 16.3. The summed E-state index contributed by atoms with van der Waals surface area (Å²) >= 11 is 17.7. The Morgan fingerprint density at radius 2 is 1.93 bits per heavy atom. The second kappa shape index (κ2) is 9.46. The monoisotopic (exact) mass is 466 g/mol. The fraction of sp³-hybridized carbons (Fsp3) is 0.364. The molecular formula is C22H21Cl3N2O3. The zero-order chi connectivity index (χ0) is 21.1. The lowest BCUT2D eigenvalue weighted by atomic mass is 9.99. The van der Waals surface area contributed by atoms with Crippen LogP contribution in [0.25, 0.3) is 0 Å². The van der Waals surface area contributed by atoms with Gasteiger partial charge in [0.05, 0.1) is 22.4 Å². The van der Waals surface area contributed by atoms with Crippen molar-refractivity contribution >= 4 is 52.1 Å². The molecule has 1 saturated carbocycles. The van der Waals surface area contributed by atoms with Gasteiger partial charge in [0.1, 0.15) is 5.75 Å². The maximum atomic E-state index is 11.7. The molecule has 30 heavy (non-hydrogen) atoms.